The third-order valence-corrected chi connectivity index (χ3v) is 8.05. The maximum atomic E-state index is 13.0. The summed E-state index contributed by atoms with van der Waals surface area (Å²) in [6, 6.07) is 9.88. The second-order valence-corrected chi connectivity index (χ2v) is 10.3. The molecule has 2 saturated heterocycles. The number of fused-ring (bicyclic) bond motifs is 1. The van der Waals surface area contributed by atoms with Crippen molar-refractivity contribution in [1.82, 2.24) is 20.3 Å². The number of nitrogens with zero attached hydrogens (tertiary/aromatic N) is 4. The molecule has 1 atom stereocenters. The number of anilines is 1. The van der Waals surface area contributed by atoms with Crippen LogP contribution in [-0.2, 0) is 16.1 Å². The number of benzene rings is 1. The van der Waals surface area contributed by atoms with Gasteiger partial charge in [-0.15, -0.1) is 0 Å². The molecule has 2 aromatic heterocycles. The van der Waals surface area contributed by atoms with Gasteiger partial charge in [0.05, 0.1) is 10.4 Å². The molecule has 0 radical (unpaired) electrons. The number of amides is 1. The molecule has 3 fully saturated rings. The Morgan fingerprint density at radius 3 is 2.64 bits per heavy atom. The van der Waals surface area contributed by atoms with E-state index in [1.807, 2.05) is 30.3 Å². The van der Waals surface area contributed by atoms with E-state index in [2.05, 4.69) is 10.2 Å². The SMILES string of the molecule is O=C(NCc1ccccc1)[C@H]1CCCN1c1nc2nc(C3CCOCC3)nc(C3CC3)c2s1. The Morgan fingerprint density at radius 2 is 1.85 bits per heavy atom. The lowest BCUT2D eigenvalue weighted by molar-refractivity contribution is -0.122. The fraction of sp³-hybridized carbons (Fsp3) is 0.520. The third-order valence-electron chi connectivity index (χ3n) is 6.95. The lowest BCUT2D eigenvalue weighted by Gasteiger charge is -2.23. The second kappa shape index (κ2) is 8.99. The number of ether oxygens (including phenoxy) is 1. The summed E-state index contributed by atoms with van der Waals surface area (Å²) < 4.78 is 6.65. The van der Waals surface area contributed by atoms with Crippen LogP contribution in [0.1, 0.15) is 67.4 Å². The quantitative estimate of drug-likeness (QED) is 0.592. The normalized spacial score (nSPS) is 21.6. The van der Waals surface area contributed by atoms with Crippen molar-refractivity contribution in [2.24, 2.45) is 0 Å². The van der Waals surface area contributed by atoms with Gasteiger partial charge in [-0.3, -0.25) is 4.79 Å². The summed E-state index contributed by atoms with van der Waals surface area (Å²) in [4.78, 5) is 30.1. The van der Waals surface area contributed by atoms with Crippen molar-refractivity contribution in [2.75, 3.05) is 24.7 Å². The van der Waals surface area contributed by atoms with Gasteiger partial charge in [0.25, 0.3) is 0 Å². The van der Waals surface area contributed by atoms with E-state index in [9.17, 15) is 4.79 Å². The molecule has 0 bridgehead atoms. The molecule has 1 aliphatic carbocycles. The first-order valence-electron chi connectivity index (χ1n) is 12.1. The van der Waals surface area contributed by atoms with E-state index in [0.29, 0.717) is 18.4 Å². The van der Waals surface area contributed by atoms with Gasteiger partial charge >= 0.3 is 0 Å². The largest absolute Gasteiger partial charge is 0.381 e. The summed E-state index contributed by atoms with van der Waals surface area (Å²) in [7, 11) is 0. The summed E-state index contributed by atoms with van der Waals surface area (Å²) in [6.07, 6.45) is 6.19. The molecule has 172 valence electrons. The Bertz CT molecular complexity index is 1140. The van der Waals surface area contributed by atoms with E-state index in [0.717, 1.165) is 72.3 Å². The van der Waals surface area contributed by atoms with E-state index in [4.69, 9.17) is 19.7 Å². The van der Waals surface area contributed by atoms with Crippen LogP contribution >= 0.6 is 11.3 Å². The molecule has 4 heterocycles. The highest BCUT2D eigenvalue weighted by atomic mass is 32.1. The van der Waals surface area contributed by atoms with Crippen LogP contribution in [0.4, 0.5) is 5.13 Å². The highest BCUT2D eigenvalue weighted by molar-refractivity contribution is 7.22. The molecule has 7 nitrogen and oxygen atoms in total. The van der Waals surface area contributed by atoms with Crippen LogP contribution in [0.25, 0.3) is 10.3 Å². The first kappa shape index (κ1) is 21.0. The first-order valence-corrected chi connectivity index (χ1v) is 12.9. The second-order valence-electron chi connectivity index (χ2n) is 9.33. The number of nitrogens with one attached hydrogen (secondary N) is 1. The van der Waals surface area contributed by atoms with Gasteiger partial charge in [-0.05, 0) is 44.1 Å². The molecule has 0 spiro atoms. The predicted molar refractivity (Wildman–Crippen MR) is 129 cm³/mol. The Hall–Kier alpha value is -2.58. The Morgan fingerprint density at radius 1 is 1.03 bits per heavy atom. The number of thiazole rings is 1. The fourth-order valence-corrected chi connectivity index (χ4v) is 6.07. The van der Waals surface area contributed by atoms with Crippen molar-refractivity contribution in [3.05, 3.63) is 47.4 Å². The standard InChI is InChI=1S/C25H29N5O2S/c31-24(26-15-16-5-2-1-3-6-16)19-7-4-12-30(19)25-29-23-21(33-25)20(17-8-9-17)27-22(28-23)18-10-13-32-14-11-18/h1-3,5-6,17-19H,4,7-15H2,(H,26,31)/t19-/m1/s1. The first-order chi connectivity index (χ1) is 16.3. The maximum Gasteiger partial charge on any atom is 0.243 e. The van der Waals surface area contributed by atoms with Gasteiger partial charge in [-0.1, -0.05) is 41.7 Å². The number of carbonyl (C=O) groups excluding carboxylic acids is 1. The molecule has 2 aliphatic heterocycles. The Labute approximate surface area is 197 Å². The number of rotatable bonds is 6. The average molecular weight is 464 g/mol. The molecule has 3 aliphatic rings. The van der Waals surface area contributed by atoms with Crippen molar-refractivity contribution in [3.8, 4) is 0 Å². The molecule has 1 saturated carbocycles. The molecule has 3 aromatic rings. The van der Waals surface area contributed by atoms with E-state index in [1.54, 1.807) is 11.3 Å². The minimum atomic E-state index is -0.179. The lowest BCUT2D eigenvalue weighted by Crippen LogP contribution is -2.43. The van der Waals surface area contributed by atoms with Gasteiger partial charge < -0.3 is 15.0 Å². The van der Waals surface area contributed by atoms with Crippen LogP contribution in [-0.4, -0.2) is 46.7 Å². The summed E-state index contributed by atoms with van der Waals surface area (Å²) in [5, 5.41) is 4.03. The Balaban J connectivity index is 1.26. The summed E-state index contributed by atoms with van der Waals surface area (Å²) >= 11 is 1.67. The van der Waals surface area contributed by atoms with Crippen molar-refractivity contribution in [3.63, 3.8) is 0 Å². The average Bonchev–Trinajstić information content (AvgIpc) is 3.42. The topological polar surface area (TPSA) is 80.2 Å². The van der Waals surface area contributed by atoms with E-state index >= 15 is 0 Å². The van der Waals surface area contributed by atoms with Crippen molar-refractivity contribution >= 4 is 32.7 Å². The molecule has 8 heteroatoms. The molecule has 6 rings (SSSR count). The van der Waals surface area contributed by atoms with Gasteiger partial charge in [0.15, 0.2) is 10.8 Å². The minimum absolute atomic E-state index is 0.0759. The van der Waals surface area contributed by atoms with Crippen LogP contribution in [0.3, 0.4) is 0 Å². The molecular formula is C25H29N5O2S. The zero-order valence-electron chi connectivity index (χ0n) is 18.7. The number of hydrogen-bond acceptors (Lipinski definition) is 7. The van der Waals surface area contributed by atoms with Gasteiger partial charge in [-0.2, -0.15) is 4.98 Å². The lowest BCUT2D eigenvalue weighted by atomic mass is 9.99. The van der Waals surface area contributed by atoms with Gasteiger partial charge in [-0.25, -0.2) is 9.97 Å². The monoisotopic (exact) mass is 463 g/mol. The molecular weight excluding hydrogens is 434 g/mol. The summed E-state index contributed by atoms with van der Waals surface area (Å²) in [6.45, 7) is 2.96. The van der Waals surface area contributed by atoms with Crippen LogP contribution < -0.4 is 10.2 Å². The van der Waals surface area contributed by atoms with E-state index < -0.39 is 0 Å². The van der Waals surface area contributed by atoms with E-state index in [1.165, 1.54) is 18.5 Å². The molecule has 1 aromatic carbocycles. The van der Waals surface area contributed by atoms with Crippen LogP contribution in [0, 0.1) is 0 Å². The van der Waals surface area contributed by atoms with Gasteiger partial charge in [0.1, 0.15) is 11.9 Å². The zero-order chi connectivity index (χ0) is 22.2. The minimum Gasteiger partial charge on any atom is -0.381 e. The number of hydrogen-bond donors (Lipinski definition) is 1. The predicted octanol–water partition coefficient (Wildman–Crippen LogP) is 4.14. The zero-order valence-corrected chi connectivity index (χ0v) is 19.5. The van der Waals surface area contributed by atoms with Crippen molar-refractivity contribution < 1.29 is 9.53 Å². The molecule has 0 unspecified atom stereocenters. The van der Waals surface area contributed by atoms with E-state index in [-0.39, 0.29) is 11.9 Å². The number of aromatic nitrogens is 3. The summed E-state index contributed by atoms with van der Waals surface area (Å²) in [5.74, 6) is 1.90. The van der Waals surface area contributed by atoms with Gasteiger partial charge in [0, 0.05) is 38.1 Å². The Kier molecular flexibility index (Phi) is 5.72. The highest BCUT2D eigenvalue weighted by Gasteiger charge is 2.35. The van der Waals surface area contributed by atoms with Crippen molar-refractivity contribution in [2.45, 2.75) is 62.9 Å². The summed E-state index contributed by atoms with van der Waals surface area (Å²) in [5.41, 5.74) is 3.10. The fourth-order valence-electron chi connectivity index (χ4n) is 4.92. The van der Waals surface area contributed by atoms with Gasteiger partial charge in [0.2, 0.25) is 5.91 Å². The molecule has 33 heavy (non-hydrogen) atoms. The molecule has 1 N–H and O–H groups in total. The number of carbonyl (C=O) groups is 1. The van der Waals surface area contributed by atoms with Crippen molar-refractivity contribution in [1.29, 1.82) is 0 Å². The third kappa shape index (κ3) is 4.34. The smallest absolute Gasteiger partial charge is 0.243 e. The molecule has 1 amide bonds. The van der Waals surface area contributed by atoms with Crippen LogP contribution in [0.2, 0.25) is 0 Å². The maximum absolute atomic E-state index is 13.0. The highest BCUT2D eigenvalue weighted by Crippen LogP contribution is 2.45. The van der Waals surface area contributed by atoms with Crippen LogP contribution in [0.15, 0.2) is 30.3 Å². The van der Waals surface area contributed by atoms with Crippen LogP contribution in [0.5, 0.6) is 0 Å².